The summed E-state index contributed by atoms with van der Waals surface area (Å²) in [6.45, 7) is 19.9. The van der Waals surface area contributed by atoms with Gasteiger partial charge in [0.1, 0.15) is 13.7 Å². The first-order valence-corrected chi connectivity index (χ1v) is 26.1. The molecule has 4 nitrogen and oxygen atoms in total. The molecule has 0 saturated heterocycles. The van der Waals surface area contributed by atoms with E-state index in [9.17, 15) is 0 Å². The van der Waals surface area contributed by atoms with Crippen molar-refractivity contribution in [3.63, 3.8) is 0 Å². The van der Waals surface area contributed by atoms with Crippen LogP contribution in [0.25, 0.3) is 72.4 Å². The third-order valence-electron chi connectivity index (χ3n) is 12.5. The first-order valence-electron chi connectivity index (χ1n) is 24.1. The van der Waals surface area contributed by atoms with E-state index in [0.717, 1.165) is 72.3 Å². The van der Waals surface area contributed by atoms with E-state index in [2.05, 4.69) is 160 Å². The van der Waals surface area contributed by atoms with Gasteiger partial charge in [-0.2, -0.15) is 0 Å². The Bertz CT molecular complexity index is 3310. The zero-order chi connectivity index (χ0) is 48.0. The minimum atomic E-state index is -2.23. The predicted octanol–water partition coefficient (Wildman–Crippen LogP) is 15.3. The van der Waals surface area contributed by atoms with Crippen LogP contribution >= 0.6 is 0 Å². The second kappa shape index (κ2) is 19.6. The number of furan rings is 1. The summed E-state index contributed by atoms with van der Waals surface area (Å²) in [5.74, 6) is 1.27. The second-order valence-corrected chi connectivity index (χ2v) is 23.8. The van der Waals surface area contributed by atoms with Crippen LogP contribution in [-0.4, -0.2) is 22.6 Å². The maximum absolute atomic E-state index is 8.86. The summed E-state index contributed by atoms with van der Waals surface area (Å²) in [6, 6.07) is 63.1. The molecule has 339 valence electrons. The van der Waals surface area contributed by atoms with E-state index in [0.29, 0.717) is 0 Å². The summed E-state index contributed by atoms with van der Waals surface area (Å²) in [4.78, 5) is 9.58. The topological polar surface area (TPSA) is 43.9 Å². The van der Waals surface area contributed by atoms with Crippen LogP contribution in [0, 0.1) is 17.5 Å². The molecular formula is C61H59IrN3OSi-2. The van der Waals surface area contributed by atoms with Crippen LogP contribution in [0.15, 0.2) is 174 Å². The monoisotopic (exact) mass is 1070 g/mol. The second-order valence-electron chi connectivity index (χ2n) is 19.4. The fraction of sp³-hybridized carbons (Fsp3) is 0.213. The van der Waals surface area contributed by atoms with Crippen LogP contribution in [0.5, 0.6) is 0 Å². The van der Waals surface area contributed by atoms with E-state index in [1.54, 1.807) is 6.20 Å². The molecule has 6 heteroatoms. The van der Waals surface area contributed by atoms with Crippen molar-refractivity contribution in [2.75, 3.05) is 0 Å². The number of nitrogens with zero attached hydrogens (tertiary/aromatic N) is 3. The first kappa shape index (κ1) is 44.7. The quantitative estimate of drug-likeness (QED) is 0.107. The molecule has 0 fully saturated rings. The molecule has 3 aromatic heterocycles. The van der Waals surface area contributed by atoms with Gasteiger partial charge in [0.15, 0.2) is 0 Å². The average Bonchev–Trinajstić information content (AvgIpc) is 3.92. The smallest absolute Gasteiger partial charge is 0.121 e. The summed E-state index contributed by atoms with van der Waals surface area (Å²) in [6.07, 6.45) is 0.352. The van der Waals surface area contributed by atoms with E-state index in [1.807, 2.05) is 87.5 Å². The fourth-order valence-corrected chi connectivity index (χ4v) is 11.3. The van der Waals surface area contributed by atoms with E-state index in [-0.39, 0.29) is 31.9 Å². The van der Waals surface area contributed by atoms with Crippen molar-refractivity contribution in [3.05, 3.63) is 199 Å². The fourth-order valence-electron chi connectivity index (χ4n) is 8.96. The Morgan fingerprint density at radius 2 is 1.36 bits per heavy atom. The zero-order valence-corrected chi connectivity index (χ0v) is 43.3. The van der Waals surface area contributed by atoms with E-state index >= 15 is 0 Å². The number of para-hydroxylation sites is 2. The third-order valence-corrected chi connectivity index (χ3v) is 16.0. The maximum atomic E-state index is 8.86. The minimum absolute atomic E-state index is 0. The van der Waals surface area contributed by atoms with E-state index < -0.39 is 19.9 Å². The van der Waals surface area contributed by atoms with Gasteiger partial charge in [0.2, 0.25) is 0 Å². The molecule has 0 N–H and O–H groups in total. The van der Waals surface area contributed by atoms with Crippen LogP contribution in [-0.2, 0) is 26.5 Å². The molecule has 0 bridgehead atoms. The number of pyridine rings is 1. The molecule has 0 aliphatic rings. The van der Waals surface area contributed by atoms with Crippen molar-refractivity contribution in [2.24, 2.45) is 5.41 Å². The van der Waals surface area contributed by atoms with Gasteiger partial charge in [-0.3, -0.25) is 4.98 Å². The summed E-state index contributed by atoms with van der Waals surface area (Å²) >= 11 is 0. The van der Waals surface area contributed by atoms with Gasteiger partial charge in [-0.15, -0.1) is 54.1 Å². The van der Waals surface area contributed by atoms with Gasteiger partial charge < -0.3 is 14.0 Å². The number of benzene rings is 7. The summed E-state index contributed by atoms with van der Waals surface area (Å²) in [5, 5.41) is 4.78. The van der Waals surface area contributed by atoms with Gasteiger partial charge >= 0.3 is 0 Å². The molecule has 3 heterocycles. The van der Waals surface area contributed by atoms with Crippen LogP contribution in [0.2, 0.25) is 13.1 Å². The Balaban J connectivity index is 0.000000428. The normalized spacial score (nSPS) is 12.5. The van der Waals surface area contributed by atoms with Crippen molar-refractivity contribution < 1.29 is 27.3 Å². The van der Waals surface area contributed by atoms with Crippen LogP contribution in [0.3, 0.4) is 0 Å². The molecule has 0 unspecified atom stereocenters. The number of hydrogen-bond donors (Lipinski definition) is 0. The Labute approximate surface area is 414 Å². The number of rotatable bonds is 9. The molecule has 0 aliphatic heterocycles. The SMILES string of the molecule is [2H]C([2H])(c1ccc([Si](C)(C)c2cc(C(C)C)c(-n3c(-c4[c-]ccc5c4oc4cc(-c6ccccc6)ccc45)nc4ccccc43)c(C(C)C)c2)cc1)C(C)(C)C.[Ir].[c-]1ccccc1-c1ccccn1. The van der Waals surface area contributed by atoms with Gasteiger partial charge in [-0.25, -0.2) is 0 Å². The average molecular weight is 1070 g/mol. The van der Waals surface area contributed by atoms with Crippen molar-refractivity contribution in [1.82, 2.24) is 14.5 Å². The number of imidazole rings is 1. The van der Waals surface area contributed by atoms with Crippen molar-refractivity contribution >= 4 is 51.4 Å². The molecule has 0 saturated carbocycles. The van der Waals surface area contributed by atoms with Crippen molar-refractivity contribution in [1.29, 1.82) is 0 Å². The molecule has 67 heavy (non-hydrogen) atoms. The van der Waals surface area contributed by atoms with Crippen LogP contribution in [0.1, 0.15) is 79.7 Å². The Morgan fingerprint density at radius 1 is 0.672 bits per heavy atom. The van der Waals surface area contributed by atoms with Gasteiger partial charge in [0.25, 0.3) is 0 Å². The Kier molecular flexibility index (Phi) is 13.0. The zero-order valence-electron chi connectivity index (χ0n) is 41.9. The van der Waals surface area contributed by atoms with Gasteiger partial charge in [-0.1, -0.05) is 186 Å². The maximum Gasteiger partial charge on any atom is 0.121 e. The molecule has 0 atom stereocenters. The molecule has 0 aliphatic carbocycles. The summed E-state index contributed by atoms with van der Waals surface area (Å²) in [5.41, 5.74) is 12.7. The molecule has 10 aromatic rings. The Morgan fingerprint density at radius 3 is 2.01 bits per heavy atom. The largest absolute Gasteiger partial charge is 0.501 e. The van der Waals surface area contributed by atoms with Crippen molar-refractivity contribution in [3.8, 4) is 39.5 Å². The molecule has 10 rings (SSSR count). The van der Waals surface area contributed by atoms with E-state index in [4.69, 9.17) is 12.1 Å². The standard InChI is InChI=1S/C50H51N2OSi.C11H8N.Ir/c1-32(2)42-29-38(54(8,9)37-25-22-34(23-26-37)31-50(5,6)7)30-43(33(3)4)47(42)52-45-21-14-13-20-44(45)51-49(52)41-19-15-18-40-39-27-24-36(28-46(39)53-48(40)41)35-16-11-10-12-17-35;1-2-6-10(7-3-1)11-8-4-5-9-12-11;/h10-18,20-30,32-33H,31H2,1-9H3;1-6,8-9H;/q2*-1;/i31D2;;. The molecule has 0 spiro atoms. The predicted molar refractivity (Wildman–Crippen MR) is 281 cm³/mol. The van der Waals surface area contributed by atoms with Gasteiger partial charge in [0.05, 0.1) is 22.4 Å². The molecule has 7 aromatic carbocycles. The Hall–Kier alpha value is -6.17. The van der Waals surface area contributed by atoms with Gasteiger partial charge in [-0.05, 0) is 81.4 Å². The number of aromatic nitrogens is 3. The molecule has 1 radical (unpaired) electrons. The summed E-state index contributed by atoms with van der Waals surface area (Å²) in [7, 11) is -2.23. The van der Waals surface area contributed by atoms with Crippen LogP contribution in [0.4, 0.5) is 0 Å². The van der Waals surface area contributed by atoms with E-state index in [1.165, 1.54) is 27.2 Å². The molecule has 0 amide bonds. The van der Waals surface area contributed by atoms with Crippen LogP contribution < -0.4 is 10.4 Å². The number of hydrogen-bond acceptors (Lipinski definition) is 3. The summed E-state index contributed by atoms with van der Waals surface area (Å²) < 4.78 is 26.9. The minimum Gasteiger partial charge on any atom is -0.501 e. The number of fused-ring (bicyclic) bond motifs is 4. The third kappa shape index (κ3) is 9.81. The first-order chi connectivity index (χ1) is 32.5. The van der Waals surface area contributed by atoms with Gasteiger partial charge in [0, 0.05) is 40.1 Å². The molecular weight excluding hydrogens is 1010 g/mol. The van der Waals surface area contributed by atoms with Crippen molar-refractivity contribution in [2.45, 2.75) is 79.8 Å².